The van der Waals surface area contributed by atoms with Crippen LogP contribution in [-0.2, 0) is 13.0 Å². The summed E-state index contributed by atoms with van der Waals surface area (Å²) in [5.41, 5.74) is 1.02. The molecule has 2 aromatic rings. The lowest BCUT2D eigenvalue weighted by Crippen LogP contribution is -2.31. The first-order valence-electron chi connectivity index (χ1n) is 6.45. The second-order valence-corrected chi connectivity index (χ2v) is 4.24. The largest absolute Gasteiger partial charge is 0.349 e. The SMILES string of the molecule is CCc1cc(=O)n(CCNC(=O)c2ccccn2)cn1. The van der Waals surface area contributed by atoms with Crippen LogP contribution in [0.15, 0.2) is 41.6 Å². The van der Waals surface area contributed by atoms with Crippen LogP contribution in [0.3, 0.4) is 0 Å². The Balaban J connectivity index is 1.90. The van der Waals surface area contributed by atoms with Crippen LogP contribution in [0, 0.1) is 0 Å². The Kier molecular flexibility index (Phi) is 4.60. The van der Waals surface area contributed by atoms with Gasteiger partial charge in [0.05, 0.1) is 6.33 Å². The summed E-state index contributed by atoms with van der Waals surface area (Å²) in [5.74, 6) is -0.253. The summed E-state index contributed by atoms with van der Waals surface area (Å²) in [7, 11) is 0. The van der Waals surface area contributed by atoms with Crippen molar-refractivity contribution in [1.82, 2.24) is 19.9 Å². The van der Waals surface area contributed by atoms with Gasteiger partial charge < -0.3 is 5.32 Å². The molecule has 1 amide bonds. The van der Waals surface area contributed by atoms with Crippen molar-refractivity contribution < 1.29 is 4.79 Å². The molecule has 2 rings (SSSR count). The molecule has 0 aliphatic carbocycles. The Morgan fingerprint density at radius 1 is 1.35 bits per heavy atom. The highest BCUT2D eigenvalue weighted by atomic mass is 16.2. The van der Waals surface area contributed by atoms with Gasteiger partial charge in [-0.2, -0.15) is 0 Å². The fraction of sp³-hybridized carbons (Fsp3) is 0.286. The van der Waals surface area contributed by atoms with Crippen molar-refractivity contribution in [2.75, 3.05) is 6.54 Å². The molecule has 0 saturated heterocycles. The maximum Gasteiger partial charge on any atom is 0.269 e. The highest BCUT2D eigenvalue weighted by Crippen LogP contribution is 1.93. The molecular formula is C14H16N4O2. The van der Waals surface area contributed by atoms with Crippen LogP contribution in [0.4, 0.5) is 0 Å². The molecule has 0 aromatic carbocycles. The monoisotopic (exact) mass is 272 g/mol. The van der Waals surface area contributed by atoms with E-state index in [1.807, 2.05) is 6.92 Å². The number of rotatable bonds is 5. The van der Waals surface area contributed by atoms with Crippen molar-refractivity contribution in [3.8, 4) is 0 Å². The number of nitrogens with one attached hydrogen (secondary N) is 1. The number of aryl methyl sites for hydroxylation is 1. The highest BCUT2D eigenvalue weighted by molar-refractivity contribution is 5.92. The summed E-state index contributed by atoms with van der Waals surface area (Å²) in [5, 5.41) is 2.71. The van der Waals surface area contributed by atoms with Crippen LogP contribution in [-0.4, -0.2) is 27.0 Å². The molecule has 6 nitrogen and oxygen atoms in total. The fourth-order valence-electron chi connectivity index (χ4n) is 1.70. The van der Waals surface area contributed by atoms with E-state index in [0.717, 1.165) is 12.1 Å². The minimum atomic E-state index is -0.253. The Labute approximate surface area is 116 Å². The highest BCUT2D eigenvalue weighted by Gasteiger charge is 2.05. The molecule has 20 heavy (non-hydrogen) atoms. The number of carbonyl (C=O) groups excluding carboxylic acids is 1. The summed E-state index contributed by atoms with van der Waals surface area (Å²) in [6, 6.07) is 6.65. The second kappa shape index (κ2) is 6.60. The predicted octanol–water partition coefficient (Wildman–Crippen LogP) is 0.631. The summed E-state index contributed by atoms with van der Waals surface area (Å²) < 4.78 is 1.47. The van der Waals surface area contributed by atoms with Crippen molar-refractivity contribution in [3.05, 3.63) is 58.5 Å². The van der Waals surface area contributed by atoms with Gasteiger partial charge >= 0.3 is 0 Å². The van der Waals surface area contributed by atoms with E-state index < -0.39 is 0 Å². The van der Waals surface area contributed by atoms with E-state index in [1.165, 1.54) is 17.0 Å². The smallest absolute Gasteiger partial charge is 0.269 e. The van der Waals surface area contributed by atoms with Gasteiger partial charge in [0.2, 0.25) is 0 Å². The third kappa shape index (κ3) is 3.50. The number of pyridine rings is 1. The number of amides is 1. The molecule has 1 N–H and O–H groups in total. The minimum absolute atomic E-state index is 0.107. The average molecular weight is 272 g/mol. The zero-order valence-corrected chi connectivity index (χ0v) is 11.2. The minimum Gasteiger partial charge on any atom is -0.349 e. The molecule has 104 valence electrons. The summed E-state index contributed by atoms with van der Waals surface area (Å²) in [4.78, 5) is 31.6. The lowest BCUT2D eigenvalue weighted by molar-refractivity contribution is 0.0947. The van der Waals surface area contributed by atoms with Crippen LogP contribution < -0.4 is 10.9 Å². The van der Waals surface area contributed by atoms with E-state index in [0.29, 0.717) is 18.8 Å². The van der Waals surface area contributed by atoms with Crippen LogP contribution in [0.2, 0.25) is 0 Å². The third-order valence-electron chi connectivity index (χ3n) is 2.83. The van der Waals surface area contributed by atoms with E-state index in [4.69, 9.17) is 0 Å². The van der Waals surface area contributed by atoms with E-state index >= 15 is 0 Å². The molecular weight excluding hydrogens is 256 g/mol. The van der Waals surface area contributed by atoms with Crippen LogP contribution in [0.5, 0.6) is 0 Å². The lowest BCUT2D eigenvalue weighted by Gasteiger charge is -2.07. The van der Waals surface area contributed by atoms with Gasteiger partial charge in [0, 0.05) is 31.0 Å². The van der Waals surface area contributed by atoms with Crippen molar-refractivity contribution in [1.29, 1.82) is 0 Å². The molecule has 0 aliphatic rings. The van der Waals surface area contributed by atoms with Crippen LogP contribution in [0.1, 0.15) is 23.1 Å². The zero-order chi connectivity index (χ0) is 14.4. The molecule has 0 fully saturated rings. The van der Waals surface area contributed by atoms with Gasteiger partial charge in [-0.25, -0.2) is 4.98 Å². The average Bonchev–Trinajstić information content (AvgIpc) is 2.49. The first-order chi connectivity index (χ1) is 9.70. The Morgan fingerprint density at radius 3 is 2.85 bits per heavy atom. The van der Waals surface area contributed by atoms with Gasteiger partial charge in [0.25, 0.3) is 11.5 Å². The number of nitrogens with zero attached hydrogens (tertiary/aromatic N) is 3. The van der Waals surface area contributed by atoms with Crippen molar-refractivity contribution in [3.63, 3.8) is 0 Å². The topological polar surface area (TPSA) is 76.9 Å². The molecule has 0 atom stereocenters. The molecule has 0 bridgehead atoms. The van der Waals surface area contributed by atoms with E-state index in [1.54, 1.807) is 24.4 Å². The normalized spacial score (nSPS) is 10.2. The Bertz CT molecular complexity index is 637. The Morgan fingerprint density at radius 2 is 2.20 bits per heavy atom. The molecule has 6 heteroatoms. The molecule has 2 aromatic heterocycles. The molecule has 0 unspecified atom stereocenters. The third-order valence-corrected chi connectivity index (χ3v) is 2.83. The van der Waals surface area contributed by atoms with Crippen molar-refractivity contribution in [2.45, 2.75) is 19.9 Å². The van der Waals surface area contributed by atoms with Crippen LogP contribution >= 0.6 is 0 Å². The molecule has 0 spiro atoms. The van der Waals surface area contributed by atoms with Crippen LogP contribution in [0.25, 0.3) is 0 Å². The number of hydrogen-bond acceptors (Lipinski definition) is 4. The summed E-state index contributed by atoms with van der Waals surface area (Å²) in [6.07, 6.45) is 3.80. The first kappa shape index (κ1) is 13.9. The predicted molar refractivity (Wildman–Crippen MR) is 74.4 cm³/mol. The fourth-order valence-corrected chi connectivity index (χ4v) is 1.70. The quantitative estimate of drug-likeness (QED) is 0.866. The summed E-state index contributed by atoms with van der Waals surface area (Å²) in [6.45, 7) is 2.68. The van der Waals surface area contributed by atoms with E-state index in [9.17, 15) is 9.59 Å². The van der Waals surface area contributed by atoms with Gasteiger partial charge in [0.15, 0.2) is 0 Å². The number of aromatic nitrogens is 3. The molecule has 2 heterocycles. The maximum absolute atomic E-state index is 11.7. The van der Waals surface area contributed by atoms with Gasteiger partial charge in [-0.15, -0.1) is 0 Å². The molecule has 0 aliphatic heterocycles. The van der Waals surface area contributed by atoms with E-state index in [-0.39, 0.29) is 11.5 Å². The second-order valence-electron chi connectivity index (χ2n) is 4.24. The molecule has 0 saturated carbocycles. The molecule has 0 radical (unpaired) electrons. The van der Waals surface area contributed by atoms with Gasteiger partial charge in [-0.3, -0.25) is 19.1 Å². The van der Waals surface area contributed by atoms with Gasteiger partial charge in [-0.1, -0.05) is 13.0 Å². The Hall–Kier alpha value is -2.50. The standard InChI is InChI=1S/C14H16N4O2/c1-2-11-9-13(19)18(10-17-11)8-7-16-14(20)12-5-3-4-6-15-12/h3-6,9-10H,2,7-8H2,1H3,(H,16,20). The number of hydrogen-bond donors (Lipinski definition) is 1. The van der Waals surface area contributed by atoms with Crippen molar-refractivity contribution >= 4 is 5.91 Å². The van der Waals surface area contributed by atoms with Gasteiger partial charge in [-0.05, 0) is 18.6 Å². The number of carbonyl (C=O) groups is 1. The summed E-state index contributed by atoms with van der Waals surface area (Å²) >= 11 is 0. The lowest BCUT2D eigenvalue weighted by atomic mass is 10.3. The van der Waals surface area contributed by atoms with Crippen molar-refractivity contribution in [2.24, 2.45) is 0 Å². The maximum atomic E-state index is 11.7. The zero-order valence-electron chi connectivity index (χ0n) is 11.2. The first-order valence-corrected chi connectivity index (χ1v) is 6.45. The van der Waals surface area contributed by atoms with E-state index in [2.05, 4.69) is 15.3 Å². The van der Waals surface area contributed by atoms with Gasteiger partial charge in [0.1, 0.15) is 5.69 Å².